The molecule has 0 atom stereocenters. The summed E-state index contributed by atoms with van der Waals surface area (Å²) in [6.07, 6.45) is 0.785. The summed E-state index contributed by atoms with van der Waals surface area (Å²) in [5, 5.41) is 0.493. The SMILES string of the molecule is Cc1ccc(-c2ccc(Cl)c(C=O)c2)cc1C. The summed E-state index contributed by atoms with van der Waals surface area (Å²) in [7, 11) is 0. The summed E-state index contributed by atoms with van der Waals surface area (Å²) < 4.78 is 0. The van der Waals surface area contributed by atoms with Crippen molar-refractivity contribution < 1.29 is 4.79 Å². The second-order valence-corrected chi connectivity index (χ2v) is 4.56. The number of aryl methyl sites for hydroxylation is 2. The van der Waals surface area contributed by atoms with Gasteiger partial charge in [0.1, 0.15) is 0 Å². The van der Waals surface area contributed by atoms with Crippen molar-refractivity contribution in [1.82, 2.24) is 0 Å². The Balaban J connectivity index is 2.52. The third-order valence-corrected chi connectivity index (χ3v) is 3.31. The van der Waals surface area contributed by atoms with Crippen molar-refractivity contribution in [3.63, 3.8) is 0 Å². The van der Waals surface area contributed by atoms with E-state index in [4.69, 9.17) is 11.6 Å². The van der Waals surface area contributed by atoms with Crippen LogP contribution in [-0.4, -0.2) is 6.29 Å². The number of benzene rings is 2. The second kappa shape index (κ2) is 4.72. The van der Waals surface area contributed by atoms with Crippen LogP contribution in [0.15, 0.2) is 36.4 Å². The zero-order chi connectivity index (χ0) is 12.4. The van der Waals surface area contributed by atoms with Gasteiger partial charge in [0.2, 0.25) is 0 Å². The smallest absolute Gasteiger partial charge is 0.151 e. The maximum Gasteiger partial charge on any atom is 0.151 e. The molecule has 0 saturated heterocycles. The van der Waals surface area contributed by atoms with Crippen molar-refractivity contribution in [3.05, 3.63) is 58.1 Å². The first kappa shape index (κ1) is 11.9. The van der Waals surface area contributed by atoms with Gasteiger partial charge in [-0.25, -0.2) is 0 Å². The number of hydrogen-bond donors (Lipinski definition) is 0. The van der Waals surface area contributed by atoms with Gasteiger partial charge < -0.3 is 0 Å². The Morgan fingerprint density at radius 3 is 2.24 bits per heavy atom. The summed E-state index contributed by atoms with van der Waals surface area (Å²) in [5.41, 5.74) is 5.15. The van der Waals surface area contributed by atoms with Crippen LogP contribution in [0.5, 0.6) is 0 Å². The Morgan fingerprint density at radius 1 is 0.941 bits per heavy atom. The first-order chi connectivity index (χ1) is 8.11. The lowest BCUT2D eigenvalue weighted by Gasteiger charge is -2.07. The minimum absolute atomic E-state index is 0.493. The number of halogens is 1. The standard InChI is InChI=1S/C15H13ClO/c1-10-3-4-12(7-11(10)2)13-5-6-15(16)14(8-13)9-17/h3-9H,1-2H3. The van der Waals surface area contributed by atoms with Crippen LogP contribution in [0.3, 0.4) is 0 Å². The number of carbonyl (C=O) groups is 1. The summed E-state index contributed by atoms with van der Waals surface area (Å²) >= 11 is 5.91. The first-order valence-corrected chi connectivity index (χ1v) is 5.82. The van der Waals surface area contributed by atoms with Crippen LogP contribution >= 0.6 is 11.6 Å². The van der Waals surface area contributed by atoms with E-state index in [2.05, 4.69) is 32.0 Å². The molecular formula is C15H13ClO. The van der Waals surface area contributed by atoms with Gasteiger partial charge in [-0.2, -0.15) is 0 Å². The maximum absolute atomic E-state index is 10.8. The molecule has 17 heavy (non-hydrogen) atoms. The Bertz CT molecular complexity index is 573. The molecule has 2 aromatic rings. The molecule has 86 valence electrons. The van der Waals surface area contributed by atoms with Crippen molar-refractivity contribution in [2.24, 2.45) is 0 Å². The summed E-state index contributed by atoms with van der Waals surface area (Å²) in [6, 6.07) is 11.8. The van der Waals surface area contributed by atoms with E-state index in [1.807, 2.05) is 12.1 Å². The molecule has 2 heteroatoms. The quantitative estimate of drug-likeness (QED) is 0.714. The molecule has 0 heterocycles. The molecule has 0 radical (unpaired) electrons. The molecule has 1 nitrogen and oxygen atoms in total. The Hall–Kier alpha value is -1.60. The predicted molar refractivity (Wildman–Crippen MR) is 71.7 cm³/mol. The highest BCUT2D eigenvalue weighted by atomic mass is 35.5. The molecule has 0 bridgehead atoms. The topological polar surface area (TPSA) is 17.1 Å². The van der Waals surface area contributed by atoms with Gasteiger partial charge in [0.25, 0.3) is 0 Å². The Kier molecular flexibility index (Phi) is 3.30. The number of carbonyl (C=O) groups excluding carboxylic acids is 1. The van der Waals surface area contributed by atoms with Gasteiger partial charge in [0.05, 0.1) is 5.02 Å². The fourth-order valence-electron chi connectivity index (χ4n) is 1.73. The molecule has 0 aromatic heterocycles. The molecule has 0 fully saturated rings. The summed E-state index contributed by atoms with van der Waals surface area (Å²) in [5.74, 6) is 0. The van der Waals surface area contributed by atoms with Crippen LogP contribution in [0.4, 0.5) is 0 Å². The third kappa shape index (κ3) is 2.40. The summed E-state index contributed by atoms with van der Waals surface area (Å²) in [4.78, 5) is 10.8. The van der Waals surface area contributed by atoms with Gasteiger partial charge in [0.15, 0.2) is 6.29 Å². The third-order valence-electron chi connectivity index (χ3n) is 2.96. The zero-order valence-corrected chi connectivity index (χ0v) is 10.6. The molecule has 2 aromatic carbocycles. The van der Waals surface area contributed by atoms with Gasteiger partial charge in [0, 0.05) is 5.56 Å². The molecular weight excluding hydrogens is 232 g/mol. The number of hydrogen-bond acceptors (Lipinski definition) is 1. The van der Waals surface area contributed by atoms with Crippen molar-refractivity contribution >= 4 is 17.9 Å². The molecule has 0 aliphatic heterocycles. The lowest BCUT2D eigenvalue weighted by atomic mass is 9.99. The first-order valence-electron chi connectivity index (χ1n) is 5.44. The van der Waals surface area contributed by atoms with Gasteiger partial charge in [-0.05, 0) is 48.2 Å². The predicted octanol–water partition coefficient (Wildman–Crippen LogP) is 4.44. The molecule has 0 unspecified atom stereocenters. The van der Waals surface area contributed by atoms with E-state index in [9.17, 15) is 4.79 Å². The second-order valence-electron chi connectivity index (χ2n) is 4.15. The number of rotatable bonds is 2. The van der Waals surface area contributed by atoms with Crippen molar-refractivity contribution in [1.29, 1.82) is 0 Å². The molecule has 0 amide bonds. The van der Waals surface area contributed by atoms with E-state index in [0.717, 1.165) is 17.4 Å². The van der Waals surface area contributed by atoms with Gasteiger partial charge >= 0.3 is 0 Å². The van der Waals surface area contributed by atoms with Crippen LogP contribution in [0.2, 0.25) is 5.02 Å². The molecule has 0 aliphatic carbocycles. The lowest BCUT2D eigenvalue weighted by Crippen LogP contribution is -1.87. The Morgan fingerprint density at radius 2 is 1.59 bits per heavy atom. The average Bonchev–Trinajstić information content (AvgIpc) is 2.33. The van der Waals surface area contributed by atoms with E-state index in [0.29, 0.717) is 10.6 Å². The molecule has 0 aliphatic rings. The average molecular weight is 245 g/mol. The minimum Gasteiger partial charge on any atom is -0.298 e. The maximum atomic E-state index is 10.8. The van der Waals surface area contributed by atoms with Crippen molar-refractivity contribution in [2.75, 3.05) is 0 Å². The normalized spacial score (nSPS) is 10.3. The van der Waals surface area contributed by atoms with Gasteiger partial charge in [-0.15, -0.1) is 0 Å². The monoisotopic (exact) mass is 244 g/mol. The minimum atomic E-state index is 0.493. The fourth-order valence-corrected chi connectivity index (χ4v) is 1.90. The lowest BCUT2D eigenvalue weighted by molar-refractivity contribution is 0.112. The molecule has 0 N–H and O–H groups in total. The van der Waals surface area contributed by atoms with Crippen LogP contribution in [-0.2, 0) is 0 Å². The molecule has 0 saturated carbocycles. The van der Waals surface area contributed by atoms with Crippen LogP contribution in [0.25, 0.3) is 11.1 Å². The molecule has 2 rings (SSSR count). The van der Waals surface area contributed by atoms with E-state index >= 15 is 0 Å². The van der Waals surface area contributed by atoms with Crippen LogP contribution in [0, 0.1) is 13.8 Å². The highest BCUT2D eigenvalue weighted by Crippen LogP contribution is 2.25. The van der Waals surface area contributed by atoms with Crippen LogP contribution in [0.1, 0.15) is 21.5 Å². The summed E-state index contributed by atoms with van der Waals surface area (Å²) in [6.45, 7) is 4.16. The highest BCUT2D eigenvalue weighted by molar-refractivity contribution is 6.33. The zero-order valence-electron chi connectivity index (χ0n) is 9.83. The van der Waals surface area contributed by atoms with Crippen molar-refractivity contribution in [3.8, 4) is 11.1 Å². The van der Waals surface area contributed by atoms with Crippen molar-refractivity contribution in [2.45, 2.75) is 13.8 Å². The van der Waals surface area contributed by atoms with E-state index in [-0.39, 0.29) is 0 Å². The molecule has 0 spiro atoms. The van der Waals surface area contributed by atoms with Gasteiger partial charge in [-0.3, -0.25) is 4.79 Å². The fraction of sp³-hybridized carbons (Fsp3) is 0.133. The van der Waals surface area contributed by atoms with E-state index in [1.54, 1.807) is 6.07 Å². The van der Waals surface area contributed by atoms with E-state index < -0.39 is 0 Å². The number of aldehydes is 1. The van der Waals surface area contributed by atoms with E-state index in [1.165, 1.54) is 11.1 Å². The highest BCUT2D eigenvalue weighted by Gasteiger charge is 2.04. The van der Waals surface area contributed by atoms with Gasteiger partial charge in [-0.1, -0.05) is 35.9 Å². The van der Waals surface area contributed by atoms with Crippen LogP contribution < -0.4 is 0 Å². The largest absolute Gasteiger partial charge is 0.298 e. The Labute approximate surface area is 106 Å².